The molecule has 2 aliphatic heterocycles. The van der Waals surface area contributed by atoms with Gasteiger partial charge >= 0.3 is 6.18 Å². The van der Waals surface area contributed by atoms with Crippen molar-refractivity contribution in [3.05, 3.63) is 126 Å². The highest BCUT2D eigenvalue weighted by Gasteiger charge is 2.37. The number of anilines is 2. The zero-order chi connectivity index (χ0) is 39.2. The van der Waals surface area contributed by atoms with Gasteiger partial charge < -0.3 is 31.1 Å². The Labute approximate surface area is 315 Å². The minimum Gasteiger partial charge on any atom is -0.497 e. The van der Waals surface area contributed by atoms with Crippen molar-refractivity contribution in [2.24, 2.45) is 11.5 Å². The van der Waals surface area contributed by atoms with Gasteiger partial charge in [0.1, 0.15) is 17.1 Å². The Balaban J connectivity index is 0.000000197. The number of hydrogen-bond donors (Lipinski definition) is 3. The van der Waals surface area contributed by atoms with Gasteiger partial charge in [-0.05, 0) is 73.4 Å². The number of nitrogens with zero attached hydrogens (tertiary/aromatic N) is 6. The van der Waals surface area contributed by atoms with Gasteiger partial charge in [0.25, 0.3) is 11.8 Å². The molecular weight excluding hydrogens is 713 g/mol. The molecule has 0 atom stereocenters. The molecule has 55 heavy (non-hydrogen) atoms. The molecule has 0 radical (unpaired) electrons. The van der Waals surface area contributed by atoms with Crippen molar-refractivity contribution in [3.63, 3.8) is 0 Å². The lowest BCUT2D eigenvalue weighted by atomic mass is 9.84. The predicted octanol–water partition coefficient (Wildman–Crippen LogP) is 5.77. The summed E-state index contributed by atoms with van der Waals surface area (Å²) in [5.74, 6) is 0.321. The number of ether oxygens (including phenoxy) is 1. The van der Waals surface area contributed by atoms with E-state index in [1.165, 1.54) is 18.2 Å². The number of nitrogens with two attached hydrogens (primary N) is 2. The predicted molar refractivity (Wildman–Crippen MR) is 201 cm³/mol. The van der Waals surface area contributed by atoms with Gasteiger partial charge in [0.05, 0.1) is 29.7 Å². The van der Waals surface area contributed by atoms with E-state index in [4.69, 9.17) is 16.2 Å². The zero-order valence-corrected chi connectivity index (χ0v) is 29.9. The maximum Gasteiger partial charge on any atom is 0.416 e. The van der Waals surface area contributed by atoms with E-state index in [0.29, 0.717) is 30.4 Å². The first-order valence-corrected chi connectivity index (χ1v) is 17.5. The highest BCUT2D eigenvalue weighted by atomic mass is 19.4. The lowest BCUT2D eigenvalue weighted by molar-refractivity contribution is -0.137. The van der Waals surface area contributed by atoms with Crippen LogP contribution >= 0.6 is 0 Å². The summed E-state index contributed by atoms with van der Waals surface area (Å²) in [4.78, 5) is 44.9. The SMILES string of the molecule is COc1ccc(-c2cc(C(N)=O)nc(N3CC=CCC3)n2)cc1.NC(=O)c1cc(-c2ccccc2)nc(N2CCC(O)(c3cccc(C(F)(F)F)c3)CC2)n1. The third kappa shape index (κ3) is 9.24. The molecular formula is C40H39F3N8O4. The number of primary amides is 2. The quantitative estimate of drug-likeness (QED) is 0.165. The molecule has 7 rings (SSSR count). The number of amides is 2. The molecule has 0 unspecified atom stereocenters. The lowest BCUT2D eigenvalue weighted by Crippen LogP contribution is -2.43. The van der Waals surface area contributed by atoms with Gasteiger partial charge in [-0.15, -0.1) is 0 Å². The standard InChI is InChI=1S/C23H21F3N4O2.C17H18N4O2/c24-23(25,26)17-8-4-7-16(13-17)22(32)9-11-30(12-10-22)21-28-18(14-19(29-21)20(27)31)15-5-2-1-3-6-15;1-23-13-7-5-12(6-8-13)14-11-15(16(18)22)20-17(19-14)21-9-3-2-4-10-21/h1-8,13-14,32H,9-12H2,(H2,27,31);2-3,5-8,11H,4,9-10H2,1H3,(H2,18,22). The number of methoxy groups -OCH3 is 1. The van der Waals surface area contributed by atoms with Crippen molar-refractivity contribution < 1.29 is 32.6 Å². The van der Waals surface area contributed by atoms with Crippen molar-refractivity contribution in [1.29, 1.82) is 0 Å². The van der Waals surface area contributed by atoms with E-state index in [1.54, 1.807) is 18.1 Å². The fraction of sp³-hybridized carbons (Fsp3) is 0.250. The maximum atomic E-state index is 13.1. The molecule has 0 bridgehead atoms. The van der Waals surface area contributed by atoms with Crippen LogP contribution in [0, 0.1) is 0 Å². The van der Waals surface area contributed by atoms with Crippen molar-refractivity contribution in [2.45, 2.75) is 31.0 Å². The second-order valence-electron chi connectivity index (χ2n) is 13.0. The summed E-state index contributed by atoms with van der Waals surface area (Å²) in [6.45, 7) is 2.14. The smallest absolute Gasteiger partial charge is 0.416 e. The largest absolute Gasteiger partial charge is 0.497 e. The number of benzene rings is 3. The van der Waals surface area contributed by atoms with E-state index in [2.05, 4.69) is 32.1 Å². The molecule has 12 nitrogen and oxygen atoms in total. The maximum absolute atomic E-state index is 13.1. The van der Waals surface area contributed by atoms with Crippen LogP contribution in [0.15, 0.2) is 103 Å². The number of alkyl halides is 3. The van der Waals surface area contributed by atoms with Crippen LogP contribution in [0.4, 0.5) is 25.1 Å². The van der Waals surface area contributed by atoms with Crippen LogP contribution in [-0.4, -0.2) is 70.1 Å². The zero-order valence-electron chi connectivity index (χ0n) is 29.9. The summed E-state index contributed by atoms with van der Waals surface area (Å²) in [6.07, 6.45) is 1.000. The van der Waals surface area contributed by atoms with Crippen LogP contribution < -0.4 is 26.0 Å². The average molecular weight is 753 g/mol. The minimum absolute atomic E-state index is 0.0626. The molecule has 2 aliphatic rings. The fourth-order valence-electron chi connectivity index (χ4n) is 6.24. The molecule has 0 saturated carbocycles. The van der Waals surface area contributed by atoms with Crippen LogP contribution in [0.5, 0.6) is 5.75 Å². The summed E-state index contributed by atoms with van der Waals surface area (Å²) < 4.78 is 44.4. The average Bonchev–Trinajstić information content (AvgIpc) is 3.21. The van der Waals surface area contributed by atoms with Crippen LogP contribution in [0.1, 0.15) is 51.4 Å². The number of hydrogen-bond acceptors (Lipinski definition) is 10. The Morgan fingerprint density at radius 1 is 0.727 bits per heavy atom. The Kier molecular flexibility index (Phi) is 11.4. The van der Waals surface area contributed by atoms with Crippen LogP contribution in [0.3, 0.4) is 0 Å². The van der Waals surface area contributed by atoms with Gasteiger partial charge in [-0.25, -0.2) is 19.9 Å². The molecule has 0 spiro atoms. The Bertz CT molecular complexity index is 2170. The first-order valence-electron chi connectivity index (χ1n) is 17.5. The van der Waals surface area contributed by atoms with Gasteiger partial charge in [-0.3, -0.25) is 9.59 Å². The Morgan fingerprint density at radius 2 is 1.31 bits per heavy atom. The van der Waals surface area contributed by atoms with Crippen LogP contribution in [0.25, 0.3) is 22.5 Å². The molecule has 284 valence electrons. The second-order valence-corrected chi connectivity index (χ2v) is 13.0. The number of aliphatic hydroxyl groups is 1. The monoisotopic (exact) mass is 752 g/mol. The number of carbonyl (C=O) groups is 2. The highest BCUT2D eigenvalue weighted by Crippen LogP contribution is 2.37. The van der Waals surface area contributed by atoms with Crippen molar-refractivity contribution in [3.8, 4) is 28.3 Å². The second kappa shape index (κ2) is 16.3. The summed E-state index contributed by atoms with van der Waals surface area (Å²) in [6, 6.07) is 24.7. The van der Waals surface area contributed by atoms with Crippen LogP contribution in [-0.2, 0) is 11.8 Å². The molecule has 5 N–H and O–H groups in total. The van der Waals surface area contributed by atoms with Crippen LogP contribution in [0.2, 0.25) is 0 Å². The number of carbonyl (C=O) groups excluding carboxylic acids is 2. The topological polar surface area (TPSA) is 174 Å². The molecule has 2 amide bonds. The minimum atomic E-state index is -4.48. The summed E-state index contributed by atoms with van der Waals surface area (Å²) in [5, 5.41) is 11.1. The van der Waals surface area contributed by atoms with E-state index in [9.17, 15) is 27.9 Å². The van der Waals surface area contributed by atoms with Crippen molar-refractivity contribution in [2.75, 3.05) is 43.1 Å². The Hall–Kier alpha value is -6.35. The molecule has 0 aliphatic carbocycles. The van der Waals surface area contributed by atoms with E-state index in [1.807, 2.05) is 59.5 Å². The molecule has 2 aromatic heterocycles. The number of piperidine rings is 1. The fourth-order valence-corrected chi connectivity index (χ4v) is 6.24. The first-order chi connectivity index (χ1) is 26.3. The summed E-state index contributed by atoms with van der Waals surface area (Å²) >= 11 is 0. The molecule has 1 saturated heterocycles. The van der Waals surface area contributed by atoms with E-state index in [-0.39, 0.29) is 35.7 Å². The molecule has 5 aromatic rings. The molecule has 1 fully saturated rings. The molecule has 15 heteroatoms. The van der Waals surface area contributed by atoms with Gasteiger partial charge in [-0.1, -0.05) is 54.6 Å². The van der Waals surface area contributed by atoms with E-state index >= 15 is 0 Å². The van der Waals surface area contributed by atoms with Gasteiger partial charge in [-0.2, -0.15) is 13.2 Å². The molecule has 3 aromatic carbocycles. The molecule has 4 heterocycles. The number of rotatable bonds is 8. The third-order valence-electron chi connectivity index (χ3n) is 9.33. The summed E-state index contributed by atoms with van der Waals surface area (Å²) in [5.41, 5.74) is 12.0. The van der Waals surface area contributed by atoms with Gasteiger partial charge in [0.15, 0.2) is 0 Å². The van der Waals surface area contributed by atoms with Crippen molar-refractivity contribution >= 4 is 23.7 Å². The van der Waals surface area contributed by atoms with Gasteiger partial charge in [0, 0.05) is 37.3 Å². The first kappa shape index (κ1) is 38.4. The Morgan fingerprint density at radius 3 is 1.84 bits per heavy atom. The highest BCUT2D eigenvalue weighted by molar-refractivity contribution is 5.92. The lowest BCUT2D eigenvalue weighted by Gasteiger charge is -2.38. The van der Waals surface area contributed by atoms with Crippen molar-refractivity contribution in [1.82, 2.24) is 19.9 Å². The van der Waals surface area contributed by atoms with E-state index in [0.717, 1.165) is 48.5 Å². The van der Waals surface area contributed by atoms with E-state index < -0.39 is 29.2 Å². The number of halogens is 3. The van der Waals surface area contributed by atoms with Gasteiger partial charge in [0.2, 0.25) is 11.9 Å². The normalized spacial score (nSPS) is 15.1. The number of aromatic nitrogens is 4. The third-order valence-corrected chi connectivity index (χ3v) is 9.33. The summed E-state index contributed by atoms with van der Waals surface area (Å²) in [7, 11) is 1.62.